The molecule has 1 aromatic rings. The normalized spacial score (nSPS) is 13.1. The lowest BCUT2D eigenvalue weighted by atomic mass is 9.99. The van der Waals surface area contributed by atoms with Gasteiger partial charge in [0, 0.05) is 5.38 Å². The monoisotopic (exact) mass is 249 g/mol. The van der Waals surface area contributed by atoms with Crippen LogP contribution in [0.2, 0.25) is 0 Å². The number of aryl methyl sites for hydroxylation is 1. The molecule has 1 heterocycles. The van der Waals surface area contributed by atoms with Crippen molar-refractivity contribution >= 4 is 18.9 Å². The lowest BCUT2D eigenvalue weighted by Gasteiger charge is -2.30. The zero-order valence-electron chi connectivity index (χ0n) is 9.10. The molecule has 15 heavy (non-hydrogen) atoms. The topological polar surface area (TPSA) is 70.4 Å². The first-order chi connectivity index (χ1) is 6.87. The van der Waals surface area contributed by atoms with E-state index in [0.717, 1.165) is 5.01 Å². The van der Waals surface area contributed by atoms with Crippen LogP contribution in [0.1, 0.15) is 37.4 Å². The molecule has 86 valence electrons. The van der Waals surface area contributed by atoms with E-state index in [2.05, 4.69) is 4.98 Å². The van der Waals surface area contributed by atoms with Gasteiger partial charge in [-0.25, -0.2) is 4.98 Å². The molecule has 1 aromatic heterocycles. The van der Waals surface area contributed by atoms with Crippen molar-refractivity contribution < 1.29 is 14.4 Å². The summed E-state index contributed by atoms with van der Waals surface area (Å²) in [6, 6.07) is 0. The third kappa shape index (κ3) is 2.16. The van der Waals surface area contributed by atoms with E-state index >= 15 is 0 Å². The Kier molecular flexibility index (Phi) is 3.71. The SMILES string of the molecule is CCC(CC)(c1csc(C)n1)P(=O)(O)O. The first-order valence-corrected chi connectivity index (χ1v) is 7.35. The number of rotatable bonds is 4. The Labute approximate surface area is 93.5 Å². The second kappa shape index (κ2) is 4.34. The van der Waals surface area contributed by atoms with Crippen LogP contribution < -0.4 is 0 Å². The van der Waals surface area contributed by atoms with Crippen LogP contribution in [-0.4, -0.2) is 14.8 Å². The minimum Gasteiger partial charge on any atom is -0.324 e. The summed E-state index contributed by atoms with van der Waals surface area (Å²) in [7, 11) is -4.17. The molecule has 2 N–H and O–H groups in total. The molecule has 0 atom stereocenters. The third-order valence-corrected chi connectivity index (χ3v) is 5.57. The Morgan fingerprint density at radius 2 is 2.00 bits per heavy atom. The number of hydrogen-bond donors (Lipinski definition) is 2. The lowest BCUT2D eigenvalue weighted by Crippen LogP contribution is -2.25. The highest BCUT2D eigenvalue weighted by atomic mass is 32.1. The fourth-order valence-corrected chi connectivity index (χ4v) is 3.79. The number of nitrogens with zero attached hydrogens (tertiary/aromatic N) is 1. The molecule has 4 nitrogen and oxygen atoms in total. The zero-order valence-corrected chi connectivity index (χ0v) is 10.8. The van der Waals surface area contributed by atoms with Crippen molar-refractivity contribution in [2.75, 3.05) is 0 Å². The summed E-state index contributed by atoms with van der Waals surface area (Å²) >= 11 is 1.42. The molecule has 0 saturated heterocycles. The minimum atomic E-state index is -4.17. The van der Waals surface area contributed by atoms with Gasteiger partial charge in [-0.1, -0.05) is 13.8 Å². The minimum absolute atomic E-state index is 0.400. The predicted octanol–water partition coefficient (Wildman–Crippen LogP) is 2.64. The van der Waals surface area contributed by atoms with Gasteiger partial charge in [-0.3, -0.25) is 4.57 Å². The lowest BCUT2D eigenvalue weighted by molar-refractivity contribution is 0.313. The Balaban J connectivity index is 3.29. The Morgan fingerprint density at radius 3 is 2.27 bits per heavy atom. The Hall–Kier alpha value is -0.220. The molecule has 1 rings (SSSR count). The van der Waals surface area contributed by atoms with Crippen LogP contribution in [0.25, 0.3) is 0 Å². The van der Waals surface area contributed by atoms with Crippen LogP contribution in [0.15, 0.2) is 5.38 Å². The van der Waals surface area contributed by atoms with Crippen molar-refractivity contribution in [1.82, 2.24) is 4.98 Å². The average Bonchev–Trinajstić information content (AvgIpc) is 2.53. The van der Waals surface area contributed by atoms with Gasteiger partial charge in [-0.2, -0.15) is 0 Å². The zero-order chi connectivity index (χ0) is 11.7. The van der Waals surface area contributed by atoms with E-state index in [9.17, 15) is 14.4 Å². The summed E-state index contributed by atoms with van der Waals surface area (Å²) in [5.41, 5.74) is 0.531. The summed E-state index contributed by atoms with van der Waals surface area (Å²) < 4.78 is 11.6. The molecular formula is C9H16NO3PS. The highest BCUT2D eigenvalue weighted by molar-refractivity contribution is 7.53. The van der Waals surface area contributed by atoms with Gasteiger partial charge in [0.15, 0.2) is 0 Å². The maximum Gasteiger partial charge on any atom is 0.337 e. The molecule has 0 radical (unpaired) electrons. The van der Waals surface area contributed by atoms with Crippen LogP contribution in [0.5, 0.6) is 0 Å². The molecule has 0 bridgehead atoms. The van der Waals surface area contributed by atoms with Crippen molar-refractivity contribution in [3.8, 4) is 0 Å². The molecule has 0 aromatic carbocycles. The quantitative estimate of drug-likeness (QED) is 0.805. The maximum atomic E-state index is 11.6. The van der Waals surface area contributed by atoms with Crippen LogP contribution in [0.4, 0.5) is 0 Å². The summed E-state index contributed by atoms with van der Waals surface area (Å²) in [5.74, 6) is 0. The second-order valence-corrected chi connectivity index (χ2v) is 6.54. The molecule has 0 aliphatic heterocycles. The molecule has 6 heteroatoms. The molecule has 0 aliphatic carbocycles. The standard InChI is InChI=1S/C9H16NO3PS/c1-4-9(5-2,14(11,12)13)8-6-15-7(3)10-8/h6H,4-5H2,1-3H3,(H2,11,12,13). The van der Waals surface area contributed by atoms with Crippen molar-refractivity contribution in [1.29, 1.82) is 0 Å². The van der Waals surface area contributed by atoms with E-state index in [4.69, 9.17) is 0 Å². The van der Waals surface area contributed by atoms with Crippen LogP contribution >= 0.6 is 18.9 Å². The van der Waals surface area contributed by atoms with Crippen molar-refractivity contribution in [2.45, 2.75) is 38.8 Å². The van der Waals surface area contributed by atoms with E-state index in [1.54, 1.807) is 19.2 Å². The van der Waals surface area contributed by atoms with Crippen molar-refractivity contribution in [2.24, 2.45) is 0 Å². The van der Waals surface area contributed by atoms with E-state index in [0.29, 0.717) is 18.5 Å². The van der Waals surface area contributed by atoms with Crippen LogP contribution in [0.3, 0.4) is 0 Å². The van der Waals surface area contributed by atoms with Gasteiger partial charge >= 0.3 is 7.60 Å². The van der Waals surface area contributed by atoms with Gasteiger partial charge < -0.3 is 9.79 Å². The number of hydrogen-bond acceptors (Lipinski definition) is 3. The average molecular weight is 249 g/mol. The van der Waals surface area contributed by atoms with Gasteiger partial charge in [0.25, 0.3) is 0 Å². The third-order valence-electron chi connectivity index (χ3n) is 2.82. The Bertz CT molecular complexity index is 380. The molecule has 0 unspecified atom stereocenters. The van der Waals surface area contributed by atoms with Gasteiger partial charge in [-0.15, -0.1) is 11.3 Å². The van der Waals surface area contributed by atoms with Crippen LogP contribution in [-0.2, 0) is 9.72 Å². The van der Waals surface area contributed by atoms with Crippen molar-refractivity contribution in [3.63, 3.8) is 0 Å². The second-order valence-electron chi connectivity index (χ2n) is 3.53. The molecule has 0 spiro atoms. The Morgan fingerprint density at radius 1 is 1.47 bits per heavy atom. The largest absolute Gasteiger partial charge is 0.337 e. The van der Waals surface area contributed by atoms with E-state index in [-0.39, 0.29) is 0 Å². The fraction of sp³-hybridized carbons (Fsp3) is 0.667. The van der Waals surface area contributed by atoms with E-state index < -0.39 is 12.8 Å². The van der Waals surface area contributed by atoms with E-state index in [1.807, 2.05) is 6.92 Å². The summed E-state index contributed by atoms with van der Waals surface area (Å²) in [6.45, 7) is 5.42. The molecule has 0 saturated carbocycles. The van der Waals surface area contributed by atoms with Gasteiger partial charge in [0.05, 0.1) is 10.7 Å². The van der Waals surface area contributed by atoms with Gasteiger partial charge in [-0.05, 0) is 19.8 Å². The first-order valence-electron chi connectivity index (χ1n) is 4.85. The highest BCUT2D eigenvalue weighted by Crippen LogP contribution is 2.60. The molecular weight excluding hydrogens is 233 g/mol. The van der Waals surface area contributed by atoms with Crippen molar-refractivity contribution in [3.05, 3.63) is 16.1 Å². The van der Waals surface area contributed by atoms with Crippen LogP contribution in [0, 0.1) is 6.92 Å². The number of thiazole rings is 1. The summed E-state index contributed by atoms with van der Waals surface area (Å²) in [4.78, 5) is 23.2. The van der Waals surface area contributed by atoms with Gasteiger partial charge in [0.2, 0.25) is 0 Å². The summed E-state index contributed by atoms with van der Waals surface area (Å²) in [5, 5.41) is 1.49. The fourth-order valence-electron chi connectivity index (χ4n) is 1.75. The molecule has 0 aliphatic rings. The summed E-state index contributed by atoms with van der Waals surface area (Å²) in [6.07, 6.45) is 0.800. The van der Waals surface area contributed by atoms with E-state index in [1.165, 1.54) is 11.3 Å². The predicted molar refractivity (Wildman–Crippen MR) is 61.2 cm³/mol. The smallest absolute Gasteiger partial charge is 0.324 e. The molecule has 0 fully saturated rings. The number of aromatic nitrogens is 1. The highest BCUT2D eigenvalue weighted by Gasteiger charge is 2.47. The molecule has 0 amide bonds. The van der Waals surface area contributed by atoms with Gasteiger partial charge in [0.1, 0.15) is 5.16 Å². The first kappa shape index (κ1) is 12.8. The maximum absolute atomic E-state index is 11.6.